The summed E-state index contributed by atoms with van der Waals surface area (Å²) in [6, 6.07) is 10.7. The number of aromatic nitrogens is 1. The molecule has 0 aliphatic rings. The van der Waals surface area contributed by atoms with Gasteiger partial charge in [-0.1, -0.05) is 41.0 Å². The van der Waals surface area contributed by atoms with E-state index in [-0.39, 0.29) is 5.91 Å². The number of carbonyl (C=O) groups excluding carboxylic acids is 1. The van der Waals surface area contributed by atoms with Gasteiger partial charge in [0, 0.05) is 5.02 Å². The number of aryl methyl sites for hydroxylation is 1. The molecule has 1 heterocycles. The van der Waals surface area contributed by atoms with Gasteiger partial charge in [0.25, 0.3) is 5.91 Å². The minimum atomic E-state index is -0.376. The number of hydrogen-bond donors (Lipinski definition) is 0. The molecule has 0 fully saturated rings. The number of thiazole rings is 1. The minimum absolute atomic E-state index is 0.305. The zero-order valence-electron chi connectivity index (χ0n) is 13.7. The van der Waals surface area contributed by atoms with Gasteiger partial charge in [0.15, 0.2) is 4.80 Å². The van der Waals surface area contributed by atoms with E-state index in [1.165, 1.54) is 18.4 Å². The number of fused-ring (bicyclic) bond motifs is 1. The SMILES string of the molecule is C#CCn1c(=NC(=O)c2ccccc2OC)sc2ccc(Cl)c(C)c21. The lowest BCUT2D eigenvalue weighted by molar-refractivity contribution is 0.0995. The number of rotatable bonds is 3. The third kappa shape index (κ3) is 3.19. The van der Waals surface area contributed by atoms with Crippen LogP contribution in [0.3, 0.4) is 0 Å². The number of amides is 1. The molecule has 0 N–H and O–H groups in total. The first-order valence-corrected chi connectivity index (χ1v) is 8.70. The predicted octanol–water partition coefficient (Wildman–Crippen LogP) is 4.05. The van der Waals surface area contributed by atoms with Crippen molar-refractivity contribution in [2.75, 3.05) is 7.11 Å². The number of benzene rings is 2. The van der Waals surface area contributed by atoms with Gasteiger partial charge in [-0.25, -0.2) is 0 Å². The highest BCUT2D eigenvalue weighted by Crippen LogP contribution is 2.27. The van der Waals surface area contributed by atoms with E-state index in [0.29, 0.717) is 27.7 Å². The second-order valence-corrected chi connectivity index (χ2v) is 6.73. The van der Waals surface area contributed by atoms with Gasteiger partial charge in [0.1, 0.15) is 5.75 Å². The summed E-state index contributed by atoms with van der Waals surface area (Å²) in [5.41, 5.74) is 2.23. The zero-order chi connectivity index (χ0) is 18.0. The van der Waals surface area contributed by atoms with Crippen LogP contribution in [0.2, 0.25) is 5.02 Å². The molecule has 0 aliphatic heterocycles. The van der Waals surface area contributed by atoms with Gasteiger partial charge in [-0.2, -0.15) is 4.99 Å². The van der Waals surface area contributed by atoms with E-state index in [0.717, 1.165) is 15.8 Å². The Kier molecular flexibility index (Phi) is 4.93. The van der Waals surface area contributed by atoms with Crippen LogP contribution < -0.4 is 9.54 Å². The first-order valence-electron chi connectivity index (χ1n) is 7.50. The lowest BCUT2D eigenvalue weighted by atomic mass is 10.2. The van der Waals surface area contributed by atoms with E-state index < -0.39 is 0 Å². The van der Waals surface area contributed by atoms with Crippen molar-refractivity contribution in [1.82, 2.24) is 4.57 Å². The Morgan fingerprint density at radius 3 is 2.84 bits per heavy atom. The number of halogens is 1. The monoisotopic (exact) mass is 370 g/mol. The second-order valence-electron chi connectivity index (χ2n) is 5.31. The van der Waals surface area contributed by atoms with Crippen molar-refractivity contribution in [3.05, 3.63) is 57.3 Å². The van der Waals surface area contributed by atoms with Gasteiger partial charge < -0.3 is 9.30 Å². The smallest absolute Gasteiger partial charge is 0.283 e. The van der Waals surface area contributed by atoms with Crippen LogP contribution in [0, 0.1) is 19.3 Å². The first kappa shape index (κ1) is 17.3. The molecular formula is C19H15ClN2O2S. The summed E-state index contributed by atoms with van der Waals surface area (Å²) < 4.78 is 8.06. The summed E-state index contributed by atoms with van der Waals surface area (Å²) in [4.78, 5) is 17.5. The van der Waals surface area contributed by atoms with Crippen LogP contribution in [-0.4, -0.2) is 17.6 Å². The predicted molar refractivity (Wildman–Crippen MR) is 101 cm³/mol. The molecule has 0 radical (unpaired) electrons. The summed E-state index contributed by atoms with van der Waals surface area (Å²) in [6.45, 7) is 2.23. The van der Waals surface area contributed by atoms with Gasteiger partial charge >= 0.3 is 0 Å². The number of methoxy groups -OCH3 is 1. The molecule has 2 aromatic carbocycles. The van der Waals surface area contributed by atoms with Crippen molar-refractivity contribution in [2.24, 2.45) is 4.99 Å². The molecule has 0 aliphatic carbocycles. The van der Waals surface area contributed by atoms with Crippen LogP contribution in [0.25, 0.3) is 10.2 Å². The number of para-hydroxylation sites is 1. The molecule has 25 heavy (non-hydrogen) atoms. The largest absolute Gasteiger partial charge is 0.496 e. The summed E-state index contributed by atoms with van der Waals surface area (Å²) in [5.74, 6) is 2.73. The van der Waals surface area contributed by atoms with Crippen LogP contribution in [-0.2, 0) is 6.54 Å². The van der Waals surface area contributed by atoms with Crippen molar-refractivity contribution in [1.29, 1.82) is 0 Å². The minimum Gasteiger partial charge on any atom is -0.496 e. The number of carbonyl (C=O) groups is 1. The molecule has 0 atom stereocenters. The third-order valence-electron chi connectivity index (χ3n) is 3.81. The third-order valence-corrected chi connectivity index (χ3v) is 5.27. The molecular weight excluding hydrogens is 356 g/mol. The quantitative estimate of drug-likeness (QED) is 0.653. The molecule has 0 saturated carbocycles. The summed E-state index contributed by atoms with van der Waals surface area (Å²) in [7, 11) is 1.52. The van der Waals surface area contributed by atoms with E-state index in [1.54, 1.807) is 24.3 Å². The van der Waals surface area contributed by atoms with Crippen molar-refractivity contribution < 1.29 is 9.53 Å². The fourth-order valence-corrected chi connectivity index (χ4v) is 3.85. The average Bonchev–Trinajstić information content (AvgIpc) is 2.96. The van der Waals surface area contributed by atoms with Crippen LogP contribution in [0.5, 0.6) is 5.75 Å². The molecule has 3 aromatic rings. The lowest BCUT2D eigenvalue weighted by Gasteiger charge is -2.05. The Morgan fingerprint density at radius 1 is 1.36 bits per heavy atom. The standard InChI is InChI=1S/C19H15ClN2O2S/c1-4-11-22-17-12(2)14(20)9-10-16(17)25-19(22)21-18(23)13-7-5-6-8-15(13)24-3/h1,5-10H,11H2,2-3H3. The van der Waals surface area contributed by atoms with Gasteiger partial charge in [0.05, 0.1) is 29.4 Å². The van der Waals surface area contributed by atoms with Crippen molar-refractivity contribution in [2.45, 2.75) is 13.5 Å². The molecule has 0 spiro atoms. The number of ether oxygens (including phenoxy) is 1. The normalized spacial score (nSPS) is 11.5. The maximum absolute atomic E-state index is 12.6. The molecule has 0 unspecified atom stereocenters. The van der Waals surface area contributed by atoms with Gasteiger partial charge in [-0.05, 0) is 36.8 Å². The van der Waals surface area contributed by atoms with Crippen LogP contribution >= 0.6 is 22.9 Å². The maximum Gasteiger partial charge on any atom is 0.283 e. The van der Waals surface area contributed by atoms with E-state index >= 15 is 0 Å². The highest BCUT2D eigenvalue weighted by molar-refractivity contribution is 7.16. The van der Waals surface area contributed by atoms with Gasteiger partial charge in [-0.15, -0.1) is 6.42 Å². The fourth-order valence-electron chi connectivity index (χ4n) is 2.61. The van der Waals surface area contributed by atoms with Crippen LogP contribution in [0.1, 0.15) is 15.9 Å². The fraction of sp³-hybridized carbons (Fsp3) is 0.158. The summed E-state index contributed by atoms with van der Waals surface area (Å²) in [5, 5.41) is 0.652. The van der Waals surface area contributed by atoms with E-state index in [1.807, 2.05) is 23.6 Å². The molecule has 1 aromatic heterocycles. The Hall–Kier alpha value is -2.55. The van der Waals surface area contributed by atoms with E-state index in [9.17, 15) is 4.79 Å². The van der Waals surface area contributed by atoms with Gasteiger partial charge in [0.2, 0.25) is 0 Å². The topological polar surface area (TPSA) is 43.6 Å². The molecule has 3 rings (SSSR count). The summed E-state index contributed by atoms with van der Waals surface area (Å²) in [6.07, 6.45) is 5.51. The maximum atomic E-state index is 12.6. The van der Waals surface area contributed by atoms with Crippen molar-refractivity contribution in [3.8, 4) is 18.1 Å². The average molecular weight is 371 g/mol. The molecule has 0 saturated heterocycles. The first-order chi connectivity index (χ1) is 12.1. The molecule has 126 valence electrons. The van der Waals surface area contributed by atoms with Crippen molar-refractivity contribution in [3.63, 3.8) is 0 Å². The zero-order valence-corrected chi connectivity index (χ0v) is 15.3. The molecule has 4 nitrogen and oxygen atoms in total. The van der Waals surface area contributed by atoms with E-state index in [2.05, 4.69) is 10.9 Å². The Morgan fingerprint density at radius 2 is 2.12 bits per heavy atom. The Labute approximate surface area is 154 Å². The molecule has 6 heteroatoms. The van der Waals surface area contributed by atoms with Crippen molar-refractivity contribution >= 4 is 39.1 Å². The highest BCUT2D eigenvalue weighted by Gasteiger charge is 2.14. The second kappa shape index (κ2) is 7.14. The Balaban J connectivity index is 2.23. The number of terminal acetylenes is 1. The van der Waals surface area contributed by atoms with Gasteiger partial charge in [-0.3, -0.25) is 4.79 Å². The van der Waals surface area contributed by atoms with Crippen LogP contribution in [0.4, 0.5) is 0 Å². The number of hydrogen-bond acceptors (Lipinski definition) is 3. The lowest BCUT2D eigenvalue weighted by Crippen LogP contribution is -2.17. The number of nitrogens with zero attached hydrogens (tertiary/aromatic N) is 2. The Bertz CT molecular complexity index is 1070. The molecule has 1 amide bonds. The van der Waals surface area contributed by atoms with E-state index in [4.69, 9.17) is 22.8 Å². The van der Waals surface area contributed by atoms with Crippen LogP contribution in [0.15, 0.2) is 41.4 Å². The molecule has 0 bridgehead atoms. The highest BCUT2D eigenvalue weighted by atomic mass is 35.5. The summed E-state index contributed by atoms with van der Waals surface area (Å²) >= 11 is 7.64.